The first kappa shape index (κ1) is 17.8. The molecular weight excluding hydrogens is 322 g/mol. The fourth-order valence-electron chi connectivity index (χ4n) is 4.34. The Labute approximate surface area is 147 Å². The minimum absolute atomic E-state index is 0.0833. The lowest BCUT2D eigenvalue weighted by molar-refractivity contribution is -0.385. The number of primary amides is 1. The molecule has 0 bridgehead atoms. The molecule has 0 radical (unpaired) electrons. The molecule has 1 aliphatic carbocycles. The number of nitrogens with zero attached hydrogens (tertiary/aromatic N) is 2. The number of nitro benzene ring substituents is 1. The lowest BCUT2D eigenvalue weighted by Crippen LogP contribution is -2.36. The van der Waals surface area contributed by atoms with Gasteiger partial charge in [-0.3, -0.25) is 19.8 Å². The number of hydrogen-bond acceptors (Lipinski definition) is 5. The van der Waals surface area contributed by atoms with E-state index >= 15 is 0 Å². The van der Waals surface area contributed by atoms with E-state index in [1.807, 2.05) is 0 Å². The molecule has 0 spiro atoms. The van der Waals surface area contributed by atoms with Gasteiger partial charge in [-0.2, -0.15) is 0 Å². The molecular formula is C18H25N3O4. The van der Waals surface area contributed by atoms with E-state index in [1.54, 1.807) is 6.07 Å². The van der Waals surface area contributed by atoms with Gasteiger partial charge < -0.3 is 10.8 Å². The summed E-state index contributed by atoms with van der Waals surface area (Å²) in [7, 11) is 0. The first-order valence-electron chi connectivity index (χ1n) is 8.95. The number of aliphatic hydroxyl groups excluding tert-OH is 1. The van der Waals surface area contributed by atoms with Crippen molar-refractivity contribution in [3.05, 3.63) is 39.4 Å². The summed E-state index contributed by atoms with van der Waals surface area (Å²) in [6, 6.07) is 4.67. The molecule has 7 nitrogen and oxygen atoms in total. The van der Waals surface area contributed by atoms with Gasteiger partial charge in [-0.1, -0.05) is 25.3 Å². The molecule has 1 aliphatic heterocycles. The van der Waals surface area contributed by atoms with Crippen molar-refractivity contribution in [2.75, 3.05) is 6.54 Å². The second-order valence-electron chi connectivity index (χ2n) is 7.25. The molecule has 1 saturated heterocycles. The van der Waals surface area contributed by atoms with Crippen molar-refractivity contribution in [2.45, 2.75) is 57.2 Å². The Hall–Kier alpha value is -1.99. The summed E-state index contributed by atoms with van der Waals surface area (Å²) in [5.41, 5.74) is 5.85. The molecule has 2 atom stereocenters. The van der Waals surface area contributed by atoms with Crippen LogP contribution in [-0.2, 0) is 6.54 Å². The van der Waals surface area contributed by atoms with Crippen LogP contribution in [0.1, 0.15) is 54.4 Å². The van der Waals surface area contributed by atoms with Crippen molar-refractivity contribution in [3.63, 3.8) is 0 Å². The van der Waals surface area contributed by atoms with Crippen LogP contribution in [0.3, 0.4) is 0 Å². The highest BCUT2D eigenvalue weighted by Gasteiger charge is 2.37. The zero-order chi connectivity index (χ0) is 18.0. The van der Waals surface area contributed by atoms with Crippen LogP contribution in [-0.4, -0.2) is 39.5 Å². The zero-order valence-corrected chi connectivity index (χ0v) is 14.3. The van der Waals surface area contributed by atoms with Crippen LogP contribution >= 0.6 is 0 Å². The van der Waals surface area contributed by atoms with Gasteiger partial charge in [-0.05, 0) is 31.2 Å². The smallest absolute Gasteiger partial charge is 0.274 e. The number of benzene rings is 1. The second-order valence-corrected chi connectivity index (χ2v) is 7.25. The van der Waals surface area contributed by atoms with Crippen molar-refractivity contribution in [1.82, 2.24) is 4.90 Å². The molecule has 3 N–H and O–H groups in total. The molecule has 1 amide bonds. The number of β-amino-alcohol motifs (C(OH)–C–C–N with tert-alkyl or cyclic N) is 1. The number of carbonyl (C=O) groups excluding carboxylic acids is 1. The monoisotopic (exact) mass is 347 g/mol. The van der Waals surface area contributed by atoms with Crippen LogP contribution in [0.2, 0.25) is 0 Å². The SMILES string of the molecule is NC(=O)c1ccc(CN2C[C@H](O)C[C@@H]2C2CCCCC2)c([N+](=O)[O-])c1. The van der Waals surface area contributed by atoms with Gasteiger partial charge in [0.1, 0.15) is 0 Å². The first-order chi connectivity index (χ1) is 12.0. The molecule has 0 aromatic heterocycles. The van der Waals surface area contributed by atoms with E-state index in [1.165, 1.54) is 31.4 Å². The summed E-state index contributed by atoms with van der Waals surface area (Å²) in [6.45, 7) is 0.948. The highest BCUT2D eigenvalue weighted by molar-refractivity contribution is 5.93. The number of carbonyl (C=O) groups is 1. The van der Waals surface area contributed by atoms with E-state index in [4.69, 9.17) is 5.73 Å². The van der Waals surface area contributed by atoms with Gasteiger partial charge in [0.25, 0.3) is 5.69 Å². The Balaban J connectivity index is 1.82. The molecule has 1 saturated carbocycles. The molecule has 1 aromatic carbocycles. The molecule has 1 heterocycles. The standard InChI is InChI=1S/C18H25N3O4/c19-18(23)13-6-7-14(17(8-13)21(24)25)10-20-11-15(22)9-16(20)12-4-2-1-3-5-12/h6-8,12,15-16,22H,1-5,9-11H2,(H2,19,23)/t15-,16-/m1/s1. The van der Waals surface area contributed by atoms with Crippen LogP contribution in [0.4, 0.5) is 5.69 Å². The van der Waals surface area contributed by atoms with E-state index in [9.17, 15) is 20.0 Å². The molecule has 2 fully saturated rings. The van der Waals surface area contributed by atoms with Gasteiger partial charge in [0.15, 0.2) is 0 Å². The van der Waals surface area contributed by atoms with Crippen molar-refractivity contribution >= 4 is 11.6 Å². The maximum Gasteiger partial charge on any atom is 0.274 e. The van der Waals surface area contributed by atoms with Gasteiger partial charge in [-0.25, -0.2) is 0 Å². The number of hydrogen-bond donors (Lipinski definition) is 2. The predicted molar refractivity (Wildman–Crippen MR) is 93.0 cm³/mol. The Morgan fingerprint density at radius 2 is 2.04 bits per heavy atom. The fraction of sp³-hybridized carbons (Fsp3) is 0.611. The third-order valence-electron chi connectivity index (χ3n) is 5.56. The van der Waals surface area contributed by atoms with Crippen LogP contribution in [0, 0.1) is 16.0 Å². The largest absolute Gasteiger partial charge is 0.392 e. The van der Waals surface area contributed by atoms with Gasteiger partial charge >= 0.3 is 0 Å². The number of likely N-dealkylation sites (tertiary alicyclic amines) is 1. The summed E-state index contributed by atoms with van der Waals surface area (Å²) in [5, 5.41) is 21.5. The lowest BCUT2D eigenvalue weighted by atomic mass is 9.82. The highest BCUT2D eigenvalue weighted by atomic mass is 16.6. The van der Waals surface area contributed by atoms with Crippen LogP contribution < -0.4 is 5.73 Å². The summed E-state index contributed by atoms with van der Waals surface area (Å²) >= 11 is 0. The normalized spacial score (nSPS) is 25.2. The van der Waals surface area contributed by atoms with Crippen molar-refractivity contribution in [3.8, 4) is 0 Å². The molecule has 3 rings (SSSR count). The average Bonchev–Trinajstić information content (AvgIpc) is 2.96. The van der Waals surface area contributed by atoms with Crippen molar-refractivity contribution in [1.29, 1.82) is 0 Å². The molecule has 0 unspecified atom stereocenters. The summed E-state index contributed by atoms with van der Waals surface area (Å²) < 4.78 is 0. The van der Waals surface area contributed by atoms with Crippen molar-refractivity contribution < 1.29 is 14.8 Å². The van der Waals surface area contributed by atoms with E-state index in [0.29, 0.717) is 24.6 Å². The molecule has 7 heteroatoms. The number of nitro groups is 1. The number of aliphatic hydroxyl groups is 1. The Morgan fingerprint density at radius 3 is 2.68 bits per heavy atom. The quantitative estimate of drug-likeness (QED) is 0.627. The third-order valence-corrected chi connectivity index (χ3v) is 5.56. The second kappa shape index (κ2) is 7.49. The topological polar surface area (TPSA) is 110 Å². The fourth-order valence-corrected chi connectivity index (χ4v) is 4.34. The third kappa shape index (κ3) is 3.99. The number of rotatable bonds is 5. The van der Waals surface area contributed by atoms with E-state index in [0.717, 1.165) is 19.3 Å². The van der Waals surface area contributed by atoms with Gasteiger partial charge in [0, 0.05) is 36.3 Å². The van der Waals surface area contributed by atoms with Gasteiger partial charge in [0.05, 0.1) is 11.0 Å². The first-order valence-corrected chi connectivity index (χ1v) is 8.95. The maximum atomic E-state index is 11.4. The minimum Gasteiger partial charge on any atom is -0.392 e. The van der Waals surface area contributed by atoms with Crippen LogP contribution in [0.25, 0.3) is 0 Å². The van der Waals surface area contributed by atoms with E-state index in [2.05, 4.69) is 4.90 Å². The molecule has 2 aliphatic rings. The highest BCUT2D eigenvalue weighted by Crippen LogP contribution is 2.36. The Bertz CT molecular complexity index is 658. The Morgan fingerprint density at radius 1 is 1.32 bits per heavy atom. The zero-order valence-electron chi connectivity index (χ0n) is 14.3. The molecule has 1 aromatic rings. The number of amides is 1. The number of nitrogens with two attached hydrogens (primary N) is 1. The van der Waals surface area contributed by atoms with Crippen LogP contribution in [0.5, 0.6) is 0 Å². The lowest BCUT2D eigenvalue weighted by Gasteiger charge is -2.33. The summed E-state index contributed by atoms with van der Waals surface area (Å²) in [6.07, 6.45) is 6.39. The Kier molecular flexibility index (Phi) is 5.34. The maximum absolute atomic E-state index is 11.4. The van der Waals surface area contributed by atoms with Crippen LogP contribution in [0.15, 0.2) is 18.2 Å². The van der Waals surface area contributed by atoms with E-state index in [-0.39, 0.29) is 23.4 Å². The summed E-state index contributed by atoms with van der Waals surface area (Å²) in [5.74, 6) is -0.124. The van der Waals surface area contributed by atoms with Gasteiger partial charge in [-0.15, -0.1) is 0 Å². The molecule has 25 heavy (non-hydrogen) atoms. The minimum atomic E-state index is -0.675. The van der Waals surface area contributed by atoms with E-state index < -0.39 is 10.8 Å². The average molecular weight is 347 g/mol. The summed E-state index contributed by atoms with van der Waals surface area (Å²) in [4.78, 5) is 24.4. The van der Waals surface area contributed by atoms with Gasteiger partial charge in [0.2, 0.25) is 5.91 Å². The molecule has 136 valence electrons. The van der Waals surface area contributed by atoms with Crippen molar-refractivity contribution in [2.24, 2.45) is 11.7 Å². The predicted octanol–water partition coefficient (Wildman–Crippen LogP) is 2.21.